The summed E-state index contributed by atoms with van der Waals surface area (Å²) in [6.07, 6.45) is 7.75. The van der Waals surface area contributed by atoms with Gasteiger partial charge in [-0.15, -0.1) is 0 Å². The van der Waals surface area contributed by atoms with E-state index in [0.29, 0.717) is 40.5 Å². The van der Waals surface area contributed by atoms with Gasteiger partial charge in [-0.3, -0.25) is 53.6 Å². The van der Waals surface area contributed by atoms with Gasteiger partial charge in [-0.05, 0) is 114 Å². The molecule has 27 nitrogen and oxygen atoms in total. The van der Waals surface area contributed by atoms with E-state index in [1.165, 1.54) is 58.4 Å². The summed E-state index contributed by atoms with van der Waals surface area (Å²) in [4.78, 5) is 111. The van der Waals surface area contributed by atoms with E-state index >= 15 is 0 Å². The number of halogens is 4. The monoisotopic (exact) mass is 1350 g/mol. The van der Waals surface area contributed by atoms with Crippen LogP contribution in [-0.2, 0) is 33.0 Å². The number of carbonyl (C=O) groups is 4. The number of aromatic nitrogens is 9. The Bertz CT molecular complexity index is 4070. The third-order valence-corrected chi connectivity index (χ3v) is 18.3. The van der Waals surface area contributed by atoms with Crippen LogP contribution in [0.2, 0.25) is 15.1 Å². The van der Waals surface area contributed by atoms with Gasteiger partial charge in [0.05, 0.1) is 25.2 Å². The van der Waals surface area contributed by atoms with E-state index < -0.39 is 40.3 Å². The molecule has 3 aliphatic heterocycles. The number of pyridine rings is 3. The molecule has 3 aliphatic carbocycles. The molecule has 31 heteroatoms. The molecule has 3 fully saturated rings. The second-order valence-corrected chi connectivity index (χ2v) is 28.2. The molecular formula is C58H70BrCl3N18O9. The number of hydrogen-bond acceptors (Lipinski definition) is 20. The Morgan fingerprint density at radius 1 is 0.528 bits per heavy atom. The van der Waals surface area contributed by atoms with Crippen molar-refractivity contribution in [3.63, 3.8) is 0 Å². The van der Waals surface area contributed by atoms with Gasteiger partial charge in [0, 0.05) is 41.0 Å². The van der Waals surface area contributed by atoms with Crippen molar-refractivity contribution in [1.82, 2.24) is 59.6 Å². The van der Waals surface area contributed by atoms with Crippen LogP contribution in [0.3, 0.4) is 0 Å². The number of nitrogens with one attached hydrogen (secondary N) is 7. The van der Waals surface area contributed by atoms with E-state index in [4.69, 9.17) is 55.7 Å². The summed E-state index contributed by atoms with van der Waals surface area (Å²) in [5.41, 5.74) is 8.53. The molecule has 6 aliphatic rings. The number of hydrogen-bond donors (Lipinski definition) is 9. The van der Waals surface area contributed by atoms with Gasteiger partial charge in [0.25, 0.3) is 28.5 Å². The van der Waals surface area contributed by atoms with Crippen LogP contribution in [0, 0.1) is 16.2 Å². The fourth-order valence-electron chi connectivity index (χ4n) is 11.7. The summed E-state index contributed by atoms with van der Waals surface area (Å²) in [5, 5.41) is 21.3. The van der Waals surface area contributed by atoms with Crippen molar-refractivity contribution >= 4 is 121 Å². The van der Waals surface area contributed by atoms with Crippen LogP contribution in [0.25, 0.3) is 0 Å². The topological polar surface area (TPSA) is 366 Å². The maximum Gasteiger partial charge on any atom is 0.413 e. The van der Waals surface area contributed by atoms with E-state index in [9.17, 15) is 33.6 Å². The Balaban J connectivity index is 0.000000147. The Labute approximate surface area is 534 Å². The number of rotatable bonds is 6. The molecule has 0 aromatic carbocycles. The molecule has 89 heavy (non-hydrogen) atoms. The Kier molecular flexibility index (Phi) is 17.3. The van der Waals surface area contributed by atoms with Gasteiger partial charge in [-0.2, -0.15) is 0 Å². The normalized spacial score (nSPS) is 21.4. The van der Waals surface area contributed by atoms with Gasteiger partial charge in [-0.25, -0.2) is 39.5 Å². The van der Waals surface area contributed by atoms with Gasteiger partial charge in [-0.1, -0.05) is 76.3 Å². The number of nitrogen functional groups attached to an aromatic ring is 2. The lowest BCUT2D eigenvalue weighted by Crippen LogP contribution is -2.63. The molecule has 6 aromatic heterocycles. The molecule has 0 bridgehead atoms. The van der Waals surface area contributed by atoms with E-state index in [1.54, 1.807) is 47.6 Å². The van der Waals surface area contributed by atoms with Crippen LogP contribution in [0.4, 0.5) is 55.9 Å². The predicted octanol–water partition coefficient (Wildman–Crippen LogP) is 9.68. The van der Waals surface area contributed by atoms with Gasteiger partial charge in [0.15, 0.2) is 0 Å². The van der Waals surface area contributed by atoms with Crippen LogP contribution in [-0.4, -0.2) is 78.8 Å². The molecule has 0 saturated heterocycles. The average Bonchev–Trinajstić information content (AvgIpc) is 1.60. The molecule has 3 unspecified atom stereocenters. The lowest BCUT2D eigenvalue weighted by atomic mass is 9.62. The molecule has 4 amide bonds. The first kappa shape index (κ1) is 65.5. The quantitative estimate of drug-likeness (QED) is 0.0748. The van der Waals surface area contributed by atoms with Crippen LogP contribution in [0.15, 0.2) is 74.2 Å². The van der Waals surface area contributed by atoms with Crippen LogP contribution < -0.4 is 65.4 Å². The highest BCUT2D eigenvalue weighted by atomic mass is 79.9. The molecule has 0 radical (unpaired) electrons. The number of carbonyl (C=O) groups excluding carboxylic acids is 4. The zero-order valence-electron chi connectivity index (χ0n) is 51.0. The number of nitrogens with zero attached hydrogens (tertiary/aromatic N) is 9. The van der Waals surface area contributed by atoms with E-state index in [1.807, 2.05) is 32.3 Å². The molecule has 6 aromatic rings. The number of nitrogens with two attached hydrogens (primary N) is 2. The zero-order chi connectivity index (χ0) is 65.4. The second kappa shape index (κ2) is 23.5. The fourth-order valence-corrected chi connectivity index (χ4v) is 13.0. The van der Waals surface area contributed by atoms with Crippen molar-refractivity contribution in [1.29, 1.82) is 0 Å². The molecule has 9 heterocycles. The van der Waals surface area contributed by atoms with Gasteiger partial charge < -0.3 is 42.2 Å². The Morgan fingerprint density at radius 3 is 1.29 bits per heavy atom. The highest BCUT2D eigenvalue weighted by molar-refractivity contribution is 9.10. The molecule has 3 spiro atoms. The zero-order valence-corrected chi connectivity index (χ0v) is 54.9. The van der Waals surface area contributed by atoms with Crippen molar-refractivity contribution in [3.8, 4) is 0 Å². The van der Waals surface area contributed by atoms with E-state index in [2.05, 4.69) is 96.9 Å². The van der Waals surface area contributed by atoms with Crippen molar-refractivity contribution in [2.75, 3.05) is 32.7 Å². The SMILES string of the molecule is CC(C)(C)OC(=O)Nc1cc(N)ncn1.CC(C)(C)OC(=O)Nc1cc(Nc2cc(Cl)c3n(c2=O)C2(CCC2(C)C)NC3=O)ncn1.CC1(C)CCC12NC(=O)c1c(Cl)cc(Nc3cc(N)ncn3)c(=O)n12.CC1(C)CCC12NCc1c(Cl)cc(Br)c(=O)n12. The van der Waals surface area contributed by atoms with Crippen molar-refractivity contribution in [2.24, 2.45) is 16.2 Å². The second-order valence-electron chi connectivity index (χ2n) is 26.2. The average molecular weight is 1350 g/mol. The minimum atomic E-state index is -0.813. The molecular weight excluding hydrogens is 1280 g/mol. The predicted molar refractivity (Wildman–Crippen MR) is 341 cm³/mol. The summed E-state index contributed by atoms with van der Waals surface area (Å²) in [7, 11) is 0. The first-order chi connectivity index (χ1) is 41.3. The maximum absolute atomic E-state index is 13.4. The van der Waals surface area contributed by atoms with E-state index in [0.717, 1.165) is 31.4 Å². The number of fused-ring (bicyclic) bond motifs is 6. The molecule has 12 rings (SSSR count). The summed E-state index contributed by atoms with van der Waals surface area (Å²) in [6, 6.07) is 8.96. The van der Waals surface area contributed by atoms with Gasteiger partial charge in [0.1, 0.15) is 105 Å². The Morgan fingerprint density at radius 2 is 0.910 bits per heavy atom. The molecule has 3 saturated carbocycles. The molecule has 474 valence electrons. The first-order valence-corrected chi connectivity index (χ1v) is 30.2. The fraction of sp³-hybridized carbons (Fsp3) is 0.466. The van der Waals surface area contributed by atoms with Crippen LogP contribution >= 0.6 is 50.7 Å². The van der Waals surface area contributed by atoms with Crippen LogP contribution in [0.1, 0.15) is 148 Å². The highest BCUT2D eigenvalue weighted by Crippen LogP contribution is 2.57. The summed E-state index contributed by atoms with van der Waals surface area (Å²) in [5.74, 6) is 1.02. The third-order valence-electron chi connectivity index (χ3n) is 16.8. The smallest absolute Gasteiger partial charge is 0.413 e. The lowest BCUT2D eigenvalue weighted by Gasteiger charge is -2.55. The minimum Gasteiger partial charge on any atom is -0.444 e. The summed E-state index contributed by atoms with van der Waals surface area (Å²) in [6.45, 7) is 23.7. The van der Waals surface area contributed by atoms with Crippen molar-refractivity contribution in [3.05, 3.63) is 123 Å². The number of amides is 4. The van der Waals surface area contributed by atoms with Crippen molar-refractivity contribution < 1.29 is 28.7 Å². The molecule has 11 N–H and O–H groups in total. The van der Waals surface area contributed by atoms with Crippen molar-refractivity contribution in [2.45, 2.75) is 156 Å². The Hall–Kier alpha value is -7.92. The first-order valence-electron chi connectivity index (χ1n) is 28.3. The summed E-state index contributed by atoms with van der Waals surface area (Å²) < 4.78 is 15.6. The highest BCUT2D eigenvalue weighted by Gasteiger charge is 2.62. The minimum absolute atomic E-state index is 0.0159. The van der Waals surface area contributed by atoms with Crippen LogP contribution in [0.5, 0.6) is 0 Å². The summed E-state index contributed by atoms with van der Waals surface area (Å²) >= 11 is 22.2. The van der Waals surface area contributed by atoms with Gasteiger partial charge >= 0.3 is 12.2 Å². The number of anilines is 8. The lowest BCUT2D eigenvalue weighted by molar-refractivity contribution is -0.0548. The third kappa shape index (κ3) is 12.4. The van der Waals surface area contributed by atoms with E-state index in [-0.39, 0.29) is 101 Å². The largest absolute Gasteiger partial charge is 0.444 e. The number of ether oxygens (including phenoxy) is 2. The molecule has 3 atom stereocenters. The van der Waals surface area contributed by atoms with Gasteiger partial charge in [0.2, 0.25) is 0 Å². The standard InChI is InChI=1S/C21H25ClN6O4.C16H17ClN6O2.C12H14BrClN2O.C9H14N4O2/c1-19(2,3)32-18(31)26-14-9-13(23-10-24-14)25-12-8-11(22)15-16(29)27-21(28(15)17(12)30)7-6-20(21,4)5;1-15(2)3-4-16(15)22-13(24)12-8(17)5-9(14(25)23(12)16)21-11-6-10(18)19-7-20-11;1-11(2)3-4-12(11)15-6-9-8(14)5-7(13)10(17)16(9)12;1-9(2,3)15-8(14)13-7-4-6(10)11-5-12-7/h8-10H,6-7H2,1-5H3,(H,27,29)(H2,23,24,25,26,31);5-7H,3-4H2,1-2H3,(H,22,24)(H3,18,19,20,21);5,15H,3-4,6H2,1-2H3;4-5H,1-3H3,(H3,10,11,12,13,14). The maximum atomic E-state index is 13.4.